The number of hydrogen-bond donors (Lipinski definition) is 3. The number of benzene rings is 3. The summed E-state index contributed by atoms with van der Waals surface area (Å²) in [6, 6.07) is 19.2. The minimum atomic E-state index is -0.694. The van der Waals surface area contributed by atoms with Crippen molar-refractivity contribution in [1.29, 1.82) is 0 Å². The van der Waals surface area contributed by atoms with Crippen LogP contribution < -0.4 is 21.1 Å². The van der Waals surface area contributed by atoms with Gasteiger partial charge in [0.25, 0.3) is 0 Å². The third kappa shape index (κ3) is 9.08. The second kappa shape index (κ2) is 14.7. The summed E-state index contributed by atoms with van der Waals surface area (Å²) in [5.74, 6) is -0.284. The van der Waals surface area contributed by atoms with Gasteiger partial charge in [-0.2, -0.15) is 0 Å². The SMILES string of the molecule is NCc1cccc(NC(=O)CN2CCCCC(NC(=O)/C=C/c3ccc(OCc4ccc(Cl)c(Cl)c4)cc3)C2=O)c1. The Hall–Kier alpha value is -3.85. The van der Waals surface area contributed by atoms with E-state index in [-0.39, 0.29) is 24.3 Å². The molecule has 4 N–H and O–H groups in total. The highest BCUT2D eigenvalue weighted by Gasteiger charge is 2.29. The first kappa shape index (κ1) is 30.1. The highest BCUT2D eigenvalue weighted by atomic mass is 35.5. The van der Waals surface area contributed by atoms with Gasteiger partial charge < -0.3 is 26.0 Å². The highest BCUT2D eigenvalue weighted by Crippen LogP contribution is 2.24. The van der Waals surface area contributed by atoms with E-state index >= 15 is 0 Å². The summed E-state index contributed by atoms with van der Waals surface area (Å²) < 4.78 is 5.79. The van der Waals surface area contributed by atoms with Crippen LogP contribution >= 0.6 is 23.2 Å². The molecule has 0 aliphatic carbocycles. The molecule has 0 saturated carbocycles. The lowest BCUT2D eigenvalue weighted by molar-refractivity contribution is -0.137. The molecule has 0 radical (unpaired) electrons. The van der Waals surface area contributed by atoms with E-state index in [0.717, 1.165) is 29.5 Å². The number of rotatable bonds is 10. The molecule has 214 valence electrons. The van der Waals surface area contributed by atoms with Crippen LogP contribution in [0.15, 0.2) is 72.8 Å². The van der Waals surface area contributed by atoms with Crippen LogP contribution in [0.3, 0.4) is 0 Å². The molecule has 1 saturated heterocycles. The van der Waals surface area contributed by atoms with Gasteiger partial charge in [0.1, 0.15) is 18.4 Å². The summed E-state index contributed by atoms with van der Waals surface area (Å²) in [6.07, 6.45) is 5.09. The van der Waals surface area contributed by atoms with Crippen molar-refractivity contribution in [1.82, 2.24) is 10.2 Å². The van der Waals surface area contributed by atoms with E-state index in [9.17, 15) is 14.4 Å². The number of carbonyl (C=O) groups excluding carboxylic acids is 3. The number of likely N-dealkylation sites (tertiary alicyclic amines) is 1. The van der Waals surface area contributed by atoms with Gasteiger partial charge in [0.2, 0.25) is 17.7 Å². The first-order valence-electron chi connectivity index (χ1n) is 13.3. The Bertz CT molecular complexity index is 1410. The second-order valence-corrected chi connectivity index (χ2v) is 10.5. The fourth-order valence-corrected chi connectivity index (χ4v) is 4.73. The molecule has 0 aromatic heterocycles. The van der Waals surface area contributed by atoms with E-state index in [1.165, 1.54) is 11.0 Å². The molecular formula is C31H32Cl2N4O4. The van der Waals surface area contributed by atoms with Crippen LogP contribution in [0.4, 0.5) is 5.69 Å². The van der Waals surface area contributed by atoms with Gasteiger partial charge in [-0.15, -0.1) is 0 Å². The standard InChI is InChI=1S/C31H32Cl2N4O4/c32-26-13-9-23(17-27(26)33)20-41-25-11-7-21(8-12-25)10-14-29(38)36-28-6-1-2-15-37(31(28)40)19-30(39)35-24-5-3-4-22(16-24)18-34/h3-5,7-14,16-17,28H,1-2,6,15,18-20,34H2,(H,35,39)(H,36,38)/b14-10+. The molecule has 1 aliphatic heterocycles. The van der Waals surface area contributed by atoms with E-state index in [0.29, 0.717) is 47.6 Å². The van der Waals surface area contributed by atoms with Gasteiger partial charge in [0, 0.05) is 24.9 Å². The Kier molecular flexibility index (Phi) is 10.8. The molecule has 41 heavy (non-hydrogen) atoms. The average Bonchev–Trinajstić information content (AvgIpc) is 3.13. The quantitative estimate of drug-likeness (QED) is 0.280. The van der Waals surface area contributed by atoms with E-state index in [4.69, 9.17) is 33.7 Å². The zero-order valence-corrected chi connectivity index (χ0v) is 24.0. The second-order valence-electron chi connectivity index (χ2n) is 9.71. The Balaban J connectivity index is 1.27. The molecule has 0 bridgehead atoms. The van der Waals surface area contributed by atoms with Crippen molar-refractivity contribution in [3.63, 3.8) is 0 Å². The molecule has 1 heterocycles. The Labute approximate surface area is 249 Å². The fraction of sp³-hybridized carbons (Fsp3) is 0.258. The Morgan fingerprint density at radius 1 is 1.00 bits per heavy atom. The van der Waals surface area contributed by atoms with Gasteiger partial charge in [-0.1, -0.05) is 53.5 Å². The number of nitrogens with zero attached hydrogens (tertiary/aromatic N) is 1. The minimum Gasteiger partial charge on any atom is -0.489 e. The maximum atomic E-state index is 13.1. The lowest BCUT2D eigenvalue weighted by Crippen LogP contribution is -2.49. The summed E-state index contributed by atoms with van der Waals surface area (Å²) >= 11 is 12.0. The summed E-state index contributed by atoms with van der Waals surface area (Å²) in [5, 5.41) is 6.58. The molecule has 3 amide bonds. The number of anilines is 1. The predicted octanol–water partition coefficient (Wildman–Crippen LogP) is 5.18. The molecule has 10 heteroatoms. The molecule has 3 aromatic rings. The van der Waals surface area contributed by atoms with Gasteiger partial charge in [0.15, 0.2) is 0 Å². The Morgan fingerprint density at radius 2 is 1.80 bits per heavy atom. The molecular weight excluding hydrogens is 563 g/mol. The molecule has 1 atom stereocenters. The summed E-state index contributed by atoms with van der Waals surface area (Å²) in [6.45, 7) is 1.07. The summed E-state index contributed by atoms with van der Waals surface area (Å²) in [7, 11) is 0. The molecule has 0 spiro atoms. The van der Waals surface area contributed by atoms with Crippen molar-refractivity contribution >= 4 is 52.7 Å². The first-order valence-corrected chi connectivity index (χ1v) is 14.1. The van der Waals surface area contributed by atoms with Crippen LogP contribution in [-0.2, 0) is 27.5 Å². The maximum Gasteiger partial charge on any atom is 0.245 e. The van der Waals surface area contributed by atoms with Gasteiger partial charge in [-0.25, -0.2) is 0 Å². The van der Waals surface area contributed by atoms with Crippen molar-refractivity contribution in [2.45, 2.75) is 38.5 Å². The van der Waals surface area contributed by atoms with Crippen molar-refractivity contribution in [3.8, 4) is 5.75 Å². The summed E-state index contributed by atoms with van der Waals surface area (Å²) in [4.78, 5) is 39.9. The van der Waals surface area contributed by atoms with Gasteiger partial charge >= 0.3 is 0 Å². The number of nitrogens with two attached hydrogens (primary N) is 1. The number of nitrogens with one attached hydrogen (secondary N) is 2. The maximum absolute atomic E-state index is 13.1. The predicted molar refractivity (Wildman–Crippen MR) is 162 cm³/mol. The van der Waals surface area contributed by atoms with Gasteiger partial charge in [-0.05, 0) is 78.4 Å². The fourth-order valence-electron chi connectivity index (χ4n) is 4.41. The molecule has 8 nitrogen and oxygen atoms in total. The molecule has 1 aliphatic rings. The lowest BCUT2D eigenvalue weighted by atomic mass is 10.1. The minimum absolute atomic E-state index is 0.0899. The van der Waals surface area contributed by atoms with Crippen molar-refractivity contribution in [2.24, 2.45) is 5.73 Å². The topological polar surface area (TPSA) is 114 Å². The van der Waals surface area contributed by atoms with E-state index < -0.39 is 6.04 Å². The smallest absolute Gasteiger partial charge is 0.245 e. The molecule has 3 aromatic carbocycles. The van der Waals surface area contributed by atoms with Crippen LogP contribution in [-0.4, -0.2) is 41.8 Å². The number of carbonyl (C=O) groups is 3. The number of hydrogen-bond acceptors (Lipinski definition) is 5. The number of ether oxygens (including phenoxy) is 1. The Morgan fingerprint density at radius 3 is 2.56 bits per heavy atom. The van der Waals surface area contributed by atoms with Crippen LogP contribution in [0.2, 0.25) is 10.0 Å². The number of amides is 3. The van der Waals surface area contributed by atoms with Crippen molar-refractivity contribution in [2.75, 3.05) is 18.4 Å². The van der Waals surface area contributed by atoms with Crippen LogP contribution in [0.25, 0.3) is 6.08 Å². The van der Waals surface area contributed by atoms with Crippen LogP contribution in [0.1, 0.15) is 36.0 Å². The average molecular weight is 596 g/mol. The molecule has 1 fully saturated rings. The van der Waals surface area contributed by atoms with Gasteiger partial charge in [0.05, 0.1) is 16.6 Å². The normalized spacial score (nSPS) is 15.4. The third-order valence-electron chi connectivity index (χ3n) is 6.57. The monoisotopic (exact) mass is 594 g/mol. The highest BCUT2D eigenvalue weighted by molar-refractivity contribution is 6.42. The van der Waals surface area contributed by atoms with Crippen LogP contribution in [0.5, 0.6) is 5.75 Å². The number of halogens is 2. The van der Waals surface area contributed by atoms with Crippen molar-refractivity contribution in [3.05, 3.63) is 99.5 Å². The van der Waals surface area contributed by atoms with Crippen molar-refractivity contribution < 1.29 is 19.1 Å². The lowest BCUT2D eigenvalue weighted by Gasteiger charge is -2.24. The third-order valence-corrected chi connectivity index (χ3v) is 7.31. The molecule has 4 rings (SSSR count). The molecule has 1 unspecified atom stereocenters. The first-order chi connectivity index (χ1) is 19.8. The van der Waals surface area contributed by atoms with E-state index in [2.05, 4.69) is 10.6 Å². The van der Waals surface area contributed by atoms with E-state index in [1.807, 2.05) is 30.3 Å². The zero-order chi connectivity index (χ0) is 29.2. The van der Waals surface area contributed by atoms with Crippen LogP contribution in [0, 0.1) is 0 Å². The summed E-state index contributed by atoms with van der Waals surface area (Å²) in [5.41, 5.74) is 8.88. The largest absolute Gasteiger partial charge is 0.489 e. The van der Waals surface area contributed by atoms with E-state index in [1.54, 1.807) is 42.5 Å². The zero-order valence-electron chi connectivity index (χ0n) is 22.4. The van der Waals surface area contributed by atoms with Gasteiger partial charge in [-0.3, -0.25) is 14.4 Å².